The van der Waals surface area contributed by atoms with Crippen molar-refractivity contribution < 1.29 is 0 Å². The zero-order chi connectivity index (χ0) is 11.8. The minimum atomic E-state index is 0.628. The van der Waals surface area contributed by atoms with E-state index >= 15 is 0 Å². The van der Waals surface area contributed by atoms with E-state index in [0.29, 0.717) is 5.92 Å². The molecule has 0 aliphatic heterocycles. The third-order valence-electron chi connectivity index (χ3n) is 2.68. The molecule has 16 heavy (non-hydrogen) atoms. The first-order valence-corrected chi connectivity index (χ1v) is 7.42. The summed E-state index contributed by atoms with van der Waals surface area (Å²) in [6, 6.07) is 8.95. The maximum absolute atomic E-state index is 3.47. The lowest BCUT2D eigenvalue weighted by Crippen LogP contribution is -2.15. The molecule has 90 valence electrons. The summed E-state index contributed by atoms with van der Waals surface area (Å²) in [6.45, 7) is 6.57. The lowest BCUT2D eigenvalue weighted by atomic mass is 10.0. The summed E-state index contributed by atoms with van der Waals surface area (Å²) in [4.78, 5) is 0. The second-order valence-electron chi connectivity index (χ2n) is 4.42. The third kappa shape index (κ3) is 5.04. The SMILES string of the molecule is CSCCCNCc1ccc(C(C)C)cc1. The Balaban J connectivity index is 2.27. The van der Waals surface area contributed by atoms with Gasteiger partial charge in [-0.05, 0) is 42.0 Å². The lowest BCUT2D eigenvalue weighted by molar-refractivity contribution is 0.678. The zero-order valence-electron chi connectivity index (χ0n) is 10.6. The van der Waals surface area contributed by atoms with Crippen LogP contribution in [-0.4, -0.2) is 18.6 Å². The standard InChI is InChI=1S/C14H23NS/c1-12(2)14-7-5-13(6-8-14)11-15-9-4-10-16-3/h5-8,12,15H,4,9-11H2,1-3H3. The van der Waals surface area contributed by atoms with Gasteiger partial charge in [-0.1, -0.05) is 38.1 Å². The molecule has 0 atom stereocenters. The van der Waals surface area contributed by atoms with E-state index in [0.717, 1.165) is 13.1 Å². The fourth-order valence-corrected chi connectivity index (χ4v) is 2.03. The second kappa shape index (κ2) is 7.75. The first kappa shape index (κ1) is 13.6. The smallest absolute Gasteiger partial charge is 0.0205 e. The van der Waals surface area contributed by atoms with Crippen LogP contribution in [0, 0.1) is 0 Å². The third-order valence-corrected chi connectivity index (χ3v) is 3.37. The van der Waals surface area contributed by atoms with Gasteiger partial charge in [0.25, 0.3) is 0 Å². The molecule has 0 radical (unpaired) electrons. The molecule has 0 fully saturated rings. The van der Waals surface area contributed by atoms with Crippen molar-refractivity contribution in [1.82, 2.24) is 5.32 Å². The average Bonchev–Trinajstić information content (AvgIpc) is 2.29. The van der Waals surface area contributed by atoms with Gasteiger partial charge in [0.05, 0.1) is 0 Å². The van der Waals surface area contributed by atoms with Crippen LogP contribution in [0.15, 0.2) is 24.3 Å². The molecule has 0 aromatic heterocycles. The normalized spacial score (nSPS) is 11.0. The first-order chi connectivity index (χ1) is 7.74. The van der Waals surface area contributed by atoms with Crippen molar-refractivity contribution >= 4 is 11.8 Å². The minimum Gasteiger partial charge on any atom is -0.313 e. The molecule has 0 spiro atoms. The van der Waals surface area contributed by atoms with Crippen molar-refractivity contribution in [3.63, 3.8) is 0 Å². The van der Waals surface area contributed by atoms with E-state index in [1.807, 2.05) is 11.8 Å². The molecule has 0 bridgehead atoms. The van der Waals surface area contributed by atoms with Crippen LogP contribution in [0.5, 0.6) is 0 Å². The van der Waals surface area contributed by atoms with Crippen molar-refractivity contribution in [2.45, 2.75) is 32.7 Å². The summed E-state index contributed by atoms with van der Waals surface area (Å²) in [5.74, 6) is 1.88. The van der Waals surface area contributed by atoms with Crippen LogP contribution in [0.2, 0.25) is 0 Å². The predicted octanol–water partition coefficient (Wildman–Crippen LogP) is 3.65. The molecular formula is C14H23NS. The summed E-state index contributed by atoms with van der Waals surface area (Å²) >= 11 is 1.91. The van der Waals surface area contributed by atoms with E-state index < -0.39 is 0 Å². The van der Waals surface area contributed by atoms with Crippen molar-refractivity contribution in [2.75, 3.05) is 18.6 Å². The van der Waals surface area contributed by atoms with Crippen molar-refractivity contribution in [3.8, 4) is 0 Å². The molecule has 0 heterocycles. The summed E-state index contributed by atoms with van der Waals surface area (Å²) in [6.07, 6.45) is 3.41. The van der Waals surface area contributed by atoms with Crippen molar-refractivity contribution in [1.29, 1.82) is 0 Å². The molecular weight excluding hydrogens is 214 g/mol. The molecule has 0 aliphatic carbocycles. The molecule has 1 nitrogen and oxygen atoms in total. The maximum atomic E-state index is 3.47. The van der Waals surface area contributed by atoms with Crippen LogP contribution >= 0.6 is 11.8 Å². The summed E-state index contributed by atoms with van der Waals surface area (Å²) in [5, 5.41) is 3.47. The van der Waals surface area contributed by atoms with Gasteiger partial charge >= 0.3 is 0 Å². The molecule has 1 N–H and O–H groups in total. The summed E-state index contributed by atoms with van der Waals surface area (Å²) < 4.78 is 0. The van der Waals surface area contributed by atoms with Gasteiger partial charge in [-0.15, -0.1) is 0 Å². The van der Waals surface area contributed by atoms with Crippen LogP contribution in [0.4, 0.5) is 0 Å². The highest BCUT2D eigenvalue weighted by molar-refractivity contribution is 7.98. The van der Waals surface area contributed by atoms with E-state index in [-0.39, 0.29) is 0 Å². The lowest BCUT2D eigenvalue weighted by Gasteiger charge is -2.07. The van der Waals surface area contributed by atoms with Crippen LogP contribution in [0.1, 0.15) is 37.3 Å². The van der Waals surface area contributed by atoms with Crippen molar-refractivity contribution in [3.05, 3.63) is 35.4 Å². The van der Waals surface area contributed by atoms with Crippen LogP contribution in [0.25, 0.3) is 0 Å². The van der Waals surface area contributed by atoms with E-state index in [2.05, 4.69) is 49.7 Å². The zero-order valence-corrected chi connectivity index (χ0v) is 11.4. The number of benzene rings is 1. The fourth-order valence-electron chi connectivity index (χ4n) is 1.59. The van der Waals surface area contributed by atoms with E-state index in [9.17, 15) is 0 Å². The Labute approximate surface area is 104 Å². The van der Waals surface area contributed by atoms with E-state index in [1.165, 1.54) is 23.3 Å². The van der Waals surface area contributed by atoms with Gasteiger partial charge in [0.2, 0.25) is 0 Å². The van der Waals surface area contributed by atoms with Gasteiger partial charge in [0.1, 0.15) is 0 Å². The highest BCUT2D eigenvalue weighted by Gasteiger charge is 1.98. The van der Waals surface area contributed by atoms with Crippen LogP contribution < -0.4 is 5.32 Å². The van der Waals surface area contributed by atoms with E-state index in [1.54, 1.807) is 0 Å². The predicted molar refractivity (Wildman–Crippen MR) is 75.2 cm³/mol. The maximum Gasteiger partial charge on any atom is 0.0205 e. The van der Waals surface area contributed by atoms with Crippen LogP contribution in [-0.2, 0) is 6.54 Å². The van der Waals surface area contributed by atoms with Gasteiger partial charge in [-0.3, -0.25) is 0 Å². The van der Waals surface area contributed by atoms with Gasteiger partial charge in [0, 0.05) is 6.54 Å². The summed E-state index contributed by atoms with van der Waals surface area (Å²) in [5.41, 5.74) is 2.81. The molecule has 0 saturated carbocycles. The summed E-state index contributed by atoms with van der Waals surface area (Å²) in [7, 11) is 0. The number of hydrogen-bond acceptors (Lipinski definition) is 2. The molecule has 1 rings (SSSR count). The number of rotatable bonds is 7. The first-order valence-electron chi connectivity index (χ1n) is 6.02. The van der Waals surface area contributed by atoms with Gasteiger partial charge in [-0.25, -0.2) is 0 Å². The molecule has 0 unspecified atom stereocenters. The number of nitrogens with one attached hydrogen (secondary N) is 1. The van der Waals surface area contributed by atoms with Crippen molar-refractivity contribution in [2.24, 2.45) is 0 Å². The molecule has 0 amide bonds. The quantitative estimate of drug-likeness (QED) is 0.726. The van der Waals surface area contributed by atoms with Gasteiger partial charge < -0.3 is 5.32 Å². The Kier molecular flexibility index (Phi) is 6.58. The Bertz CT molecular complexity index is 279. The molecule has 0 aliphatic rings. The molecule has 1 aromatic rings. The fraction of sp³-hybridized carbons (Fsp3) is 0.571. The molecule has 0 saturated heterocycles. The Hall–Kier alpha value is -0.470. The minimum absolute atomic E-state index is 0.628. The highest BCUT2D eigenvalue weighted by atomic mass is 32.2. The second-order valence-corrected chi connectivity index (χ2v) is 5.41. The Morgan fingerprint density at radius 2 is 1.88 bits per heavy atom. The monoisotopic (exact) mass is 237 g/mol. The highest BCUT2D eigenvalue weighted by Crippen LogP contribution is 2.14. The molecule has 2 heteroatoms. The molecule has 1 aromatic carbocycles. The van der Waals surface area contributed by atoms with Crippen LogP contribution in [0.3, 0.4) is 0 Å². The largest absolute Gasteiger partial charge is 0.313 e. The van der Waals surface area contributed by atoms with Gasteiger partial charge in [0.15, 0.2) is 0 Å². The number of thioether (sulfide) groups is 1. The Morgan fingerprint density at radius 1 is 1.19 bits per heavy atom. The van der Waals surface area contributed by atoms with Gasteiger partial charge in [-0.2, -0.15) is 11.8 Å². The average molecular weight is 237 g/mol. The Morgan fingerprint density at radius 3 is 2.44 bits per heavy atom. The van der Waals surface area contributed by atoms with E-state index in [4.69, 9.17) is 0 Å². The topological polar surface area (TPSA) is 12.0 Å². The number of hydrogen-bond donors (Lipinski definition) is 1.